The number of rotatable bonds is 9. The third kappa shape index (κ3) is 4.22. The van der Waals surface area contributed by atoms with Gasteiger partial charge in [-0.15, -0.1) is 0 Å². The summed E-state index contributed by atoms with van der Waals surface area (Å²) in [7, 11) is 6.31. The number of methoxy groups -OCH3 is 4. The summed E-state index contributed by atoms with van der Waals surface area (Å²) in [4.78, 5) is 0. The van der Waals surface area contributed by atoms with E-state index in [1.807, 2.05) is 24.3 Å². The Labute approximate surface area is 212 Å². The molecule has 3 aromatic rings. The van der Waals surface area contributed by atoms with Crippen LogP contribution < -0.4 is 9.47 Å². The molecule has 4 rings (SSSR count). The van der Waals surface area contributed by atoms with Crippen molar-refractivity contribution in [3.8, 4) is 11.5 Å². The predicted molar refractivity (Wildman–Crippen MR) is 138 cm³/mol. The molecule has 0 bridgehead atoms. The first kappa shape index (κ1) is 25.7. The second kappa shape index (κ2) is 10.3. The minimum atomic E-state index is -1.90. The molecule has 0 fully saturated rings. The zero-order chi connectivity index (χ0) is 25.8. The molecule has 0 heterocycles. The Hall–Kier alpha value is -3.42. The monoisotopic (exact) mass is 488 g/mol. The van der Waals surface area contributed by atoms with Gasteiger partial charge < -0.3 is 29.2 Å². The fourth-order valence-electron chi connectivity index (χ4n) is 4.77. The van der Waals surface area contributed by atoms with Crippen LogP contribution in [0.1, 0.15) is 23.1 Å². The number of hydrogen-bond acceptors (Lipinski definition) is 6. The van der Waals surface area contributed by atoms with Gasteiger partial charge in [0.15, 0.2) is 17.0 Å². The topological polar surface area (TPSA) is 77.4 Å². The Bertz CT molecular complexity index is 1160. The van der Waals surface area contributed by atoms with Gasteiger partial charge in [0.25, 0.3) is 0 Å². The van der Waals surface area contributed by atoms with E-state index < -0.39 is 17.0 Å². The van der Waals surface area contributed by atoms with Crippen LogP contribution >= 0.6 is 0 Å². The van der Waals surface area contributed by atoms with Gasteiger partial charge in [-0.1, -0.05) is 66.7 Å². The second-order valence-corrected chi connectivity index (χ2v) is 8.66. The Morgan fingerprint density at radius 3 is 1.50 bits per heavy atom. The van der Waals surface area contributed by atoms with E-state index in [1.54, 1.807) is 101 Å². The zero-order valence-electron chi connectivity index (χ0n) is 21.0. The number of benzene rings is 3. The molecular weight excluding hydrogens is 456 g/mol. The van der Waals surface area contributed by atoms with E-state index in [9.17, 15) is 10.2 Å². The highest BCUT2D eigenvalue weighted by Crippen LogP contribution is 2.51. The normalized spacial score (nSPS) is 16.7. The lowest BCUT2D eigenvalue weighted by molar-refractivity contribution is -0.169. The van der Waals surface area contributed by atoms with E-state index in [4.69, 9.17) is 18.9 Å². The number of aliphatic hydroxyl groups is 2. The average Bonchev–Trinajstić information content (AvgIpc) is 2.96. The molecule has 0 radical (unpaired) electrons. The van der Waals surface area contributed by atoms with Crippen molar-refractivity contribution in [2.24, 2.45) is 0 Å². The lowest BCUT2D eigenvalue weighted by Gasteiger charge is -2.47. The SMILES string of the molecule is COc1ccc(C(O)(c2ccc(OC)cc2)C(O)(C2=CCC(OC)(OC)C=C2)c2ccccc2)cc1. The lowest BCUT2D eigenvalue weighted by atomic mass is 9.65. The molecule has 1 aliphatic rings. The van der Waals surface area contributed by atoms with Gasteiger partial charge in [-0.25, -0.2) is 0 Å². The van der Waals surface area contributed by atoms with Crippen LogP contribution in [-0.4, -0.2) is 44.4 Å². The third-order valence-electron chi connectivity index (χ3n) is 6.96. The van der Waals surface area contributed by atoms with Crippen LogP contribution in [0.3, 0.4) is 0 Å². The molecule has 1 aliphatic carbocycles. The Morgan fingerprint density at radius 1 is 0.639 bits per heavy atom. The summed E-state index contributed by atoms with van der Waals surface area (Å²) in [5.74, 6) is 0.334. The van der Waals surface area contributed by atoms with Gasteiger partial charge in [0.1, 0.15) is 11.5 Å². The lowest BCUT2D eigenvalue weighted by Crippen LogP contribution is -2.52. The van der Waals surface area contributed by atoms with Crippen molar-refractivity contribution in [2.45, 2.75) is 23.4 Å². The molecule has 0 aromatic heterocycles. The Morgan fingerprint density at radius 2 is 1.11 bits per heavy atom. The molecule has 1 atom stereocenters. The van der Waals surface area contributed by atoms with Gasteiger partial charge in [0.05, 0.1) is 14.2 Å². The van der Waals surface area contributed by atoms with Gasteiger partial charge in [0, 0.05) is 20.6 Å². The summed E-state index contributed by atoms with van der Waals surface area (Å²) >= 11 is 0. The summed E-state index contributed by atoms with van der Waals surface area (Å²) in [5, 5.41) is 25.6. The maximum absolute atomic E-state index is 12.8. The standard InChI is InChI=1S/C30H32O6/c1-33-26-14-10-23(11-15-26)30(32,24-12-16-27(34-2)17-13-24)29(31,22-8-6-5-7-9-22)25-18-20-28(35-3,36-4)21-19-25/h5-20,31-32H,21H2,1-4H3. The van der Waals surface area contributed by atoms with Crippen molar-refractivity contribution in [3.05, 3.63) is 119 Å². The zero-order valence-corrected chi connectivity index (χ0v) is 21.0. The molecule has 6 heteroatoms. The minimum absolute atomic E-state index is 0.349. The van der Waals surface area contributed by atoms with Crippen molar-refractivity contribution in [2.75, 3.05) is 28.4 Å². The van der Waals surface area contributed by atoms with Gasteiger partial charge in [-0.3, -0.25) is 0 Å². The predicted octanol–water partition coefficient (Wildman–Crippen LogP) is 4.70. The van der Waals surface area contributed by atoms with Gasteiger partial charge >= 0.3 is 0 Å². The summed E-state index contributed by atoms with van der Waals surface area (Å²) in [6.45, 7) is 0. The van der Waals surface area contributed by atoms with E-state index in [2.05, 4.69) is 0 Å². The molecule has 0 spiro atoms. The summed E-state index contributed by atoms with van der Waals surface area (Å²) < 4.78 is 21.8. The molecule has 0 aliphatic heterocycles. The first-order valence-electron chi connectivity index (χ1n) is 11.7. The molecular formula is C30H32O6. The smallest absolute Gasteiger partial charge is 0.190 e. The maximum atomic E-state index is 12.8. The van der Waals surface area contributed by atoms with Crippen molar-refractivity contribution in [1.29, 1.82) is 0 Å². The van der Waals surface area contributed by atoms with Crippen LogP contribution in [0, 0.1) is 0 Å². The van der Waals surface area contributed by atoms with Crippen molar-refractivity contribution in [3.63, 3.8) is 0 Å². The summed E-state index contributed by atoms with van der Waals surface area (Å²) in [6.07, 6.45) is 5.71. The Kier molecular flexibility index (Phi) is 7.33. The van der Waals surface area contributed by atoms with Crippen molar-refractivity contribution >= 4 is 0 Å². The van der Waals surface area contributed by atoms with Crippen LogP contribution in [0.2, 0.25) is 0 Å². The second-order valence-electron chi connectivity index (χ2n) is 8.66. The number of ether oxygens (including phenoxy) is 4. The fourth-order valence-corrected chi connectivity index (χ4v) is 4.77. The third-order valence-corrected chi connectivity index (χ3v) is 6.96. The number of hydrogen-bond donors (Lipinski definition) is 2. The van der Waals surface area contributed by atoms with E-state index in [0.29, 0.717) is 40.2 Å². The van der Waals surface area contributed by atoms with E-state index in [0.717, 1.165) is 0 Å². The highest BCUT2D eigenvalue weighted by atomic mass is 16.7. The van der Waals surface area contributed by atoms with Crippen LogP contribution in [0.4, 0.5) is 0 Å². The molecule has 0 saturated carbocycles. The average molecular weight is 489 g/mol. The van der Waals surface area contributed by atoms with E-state index >= 15 is 0 Å². The van der Waals surface area contributed by atoms with Crippen molar-refractivity contribution in [1.82, 2.24) is 0 Å². The summed E-state index contributed by atoms with van der Waals surface area (Å²) in [5.41, 5.74) is -1.77. The molecule has 36 heavy (non-hydrogen) atoms. The minimum Gasteiger partial charge on any atom is -0.497 e. The fraction of sp³-hybridized carbons (Fsp3) is 0.267. The van der Waals surface area contributed by atoms with E-state index in [1.165, 1.54) is 0 Å². The van der Waals surface area contributed by atoms with Gasteiger partial charge in [0.2, 0.25) is 0 Å². The molecule has 0 saturated heterocycles. The quantitative estimate of drug-likeness (QED) is 0.425. The van der Waals surface area contributed by atoms with Crippen LogP contribution in [-0.2, 0) is 20.7 Å². The van der Waals surface area contributed by atoms with Crippen LogP contribution in [0.5, 0.6) is 11.5 Å². The van der Waals surface area contributed by atoms with E-state index in [-0.39, 0.29) is 0 Å². The first-order chi connectivity index (χ1) is 17.4. The largest absolute Gasteiger partial charge is 0.497 e. The molecule has 3 aromatic carbocycles. The highest BCUT2D eigenvalue weighted by molar-refractivity contribution is 5.54. The highest BCUT2D eigenvalue weighted by Gasteiger charge is 2.55. The van der Waals surface area contributed by atoms with Crippen LogP contribution in [0.15, 0.2) is 103 Å². The van der Waals surface area contributed by atoms with Crippen molar-refractivity contribution < 1.29 is 29.2 Å². The maximum Gasteiger partial charge on any atom is 0.190 e. The van der Waals surface area contributed by atoms with Gasteiger partial charge in [-0.2, -0.15) is 0 Å². The molecule has 0 amide bonds. The summed E-state index contributed by atoms with van der Waals surface area (Å²) in [6, 6.07) is 23.3. The Balaban J connectivity index is 2.00. The molecule has 6 nitrogen and oxygen atoms in total. The molecule has 188 valence electrons. The molecule has 2 N–H and O–H groups in total. The first-order valence-corrected chi connectivity index (χ1v) is 11.7. The van der Waals surface area contributed by atoms with Crippen LogP contribution in [0.25, 0.3) is 0 Å². The molecule has 1 unspecified atom stereocenters. The van der Waals surface area contributed by atoms with Gasteiger partial charge in [-0.05, 0) is 52.6 Å².